The van der Waals surface area contributed by atoms with Gasteiger partial charge in [-0.3, -0.25) is 9.59 Å². The van der Waals surface area contributed by atoms with Crippen LogP contribution in [0.15, 0.2) is 17.3 Å². The first-order chi connectivity index (χ1) is 14.4. The molecule has 0 radical (unpaired) electrons. The van der Waals surface area contributed by atoms with Gasteiger partial charge in [0.2, 0.25) is 0 Å². The quantitative estimate of drug-likeness (QED) is 0.0823. The molecule has 30 heavy (non-hydrogen) atoms. The smallest absolute Gasteiger partial charge is 0.302 e. The number of carbonyl (C=O) groups is 2. The summed E-state index contributed by atoms with van der Waals surface area (Å²) < 4.78 is 16.4. The van der Waals surface area contributed by atoms with Gasteiger partial charge in [0.15, 0.2) is 11.6 Å². The van der Waals surface area contributed by atoms with Gasteiger partial charge in [-0.05, 0) is 44.2 Å². The summed E-state index contributed by atoms with van der Waals surface area (Å²) in [5.74, 6) is -0.669. The molecule has 1 rings (SSSR count). The van der Waals surface area contributed by atoms with Crippen LogP contribution in [0.5, 0.6) is 0 Å². The van der Waals surface area contributed by atoms with Gasteiger partial charge >= 0.3 is 5.97 Å². The molecule has 1 aliphatic heterocycles. The molecule has 0 aliphatic carbocycles. The van der Waals surface area contributed by atoms with Crippen molar-refractivity contribution >= 4 is 11.8 Å². The van der Waals surface area contributed by atoms with E-state index in [1.807, 2.05) is 6.92 Å². The number of esters is 1. The Balaban J connectivity index is 2.07. The van der Waals surface area contributed by atoms with Crippen molar-refractivity contribution in [1.29, 1.82) is 0 Å². The van der Waals surface area contributed by atoms with E-state index in [9.17, 15) is 9.59 Å². The number of ether oxygens (including phenoxy) is 3. The van der Waals surface area contributed by atoms with Gasteiger partial charge in [-0.1, -0.05) is 43.8 Å². The van der Waals surface area contributed by atoms with E-state index in [1.165, 1.54) is 13.3 Å². The topological polar surface area (TPSA) is 111 Å². The average molecular weight is 424 g/mol. The second kappa shape index (κ2) is 15.0. The molecule has 2 atom stereocenters. The van der Waals surface area contributed by atoms with Crippen LogP contribution in [0.25, 0.3) is 10.4 Å². The third-order valence-corrected chi connectivity index (χ3v) is 5.21. The van der Waals surface area contributed by atoms with Gasteiger partial charge in [0.25, 0.3) is 0 Å². The van der Waals surface area contributed by atoms with E-state index in [0.29, 0.717) is 32.5 Å². The fourth-order valence-electron chi connectivity index (χ4n) is 3.48. The summed E-state index contributed by atoms with van der Waals surface area (Å²) in [6.07, 6.45) is 12.0. The van der Waals surface area contributed by atoms with Crippen molar-refractivity contribution in [2.45, 2.75) is 103 Å². The number of ketones is 1. The molecule has 0 bridgehead atoms. The molecule has 1 heterocycles. The summed E-state index contributed by atoms with van der Waals surface area (Å²) in [4.78, 5) is 25.9. The van der Waals surface area contributed by atoms with Gasteiger partial charge < -0.3 is 14.2 Å². The van der Waals surface area contributed by atoms with E-state index in [0.717, 1.165) is 38.5 Å². The molecule has 0 amide bonds. The lowest BCUT2D eigenvalue weighted by Gasteiger charge is -2.21. The normalized spacial score (nSPS) is 17.4. The molecule has 0 unspecified atom stereocenters. The molecule has 1 saturated heterocycles. The summed E-state index contributed by atoms with van der Waals surface area (Å²) in [6.45, 7) is 6.43. The minimum Gasteiger partial charge on any atom is -0.462 e. The number of carbonyl (C=O) groups excluding carboxylic acids is 2. The van der Waals surface area contributed by atoms with Gasteiger partial charge in [-0.15, -0.1) is 0 Å². The first-order valence-electron chi connectivity index (χ1n) is 11.0. The van der Waals surface area contributed by atoms with Crippen LogP contribution in [-0.4, -0.2) is 42.9 Å². The molecule has 0 aromatic heterocycles. The van der Waals surface area contributed by atoms with Gasteiger partial charge in [-0.25, -0.2) is 0 Å². The minimum absolute atomic E-state index is 0.116. The zero-order valence-corrected chi connectivity index (χ0v) is 18.7. The molecule has 8 nitrogen and oxygen atoms in total. The first-order valence-corrected chi connectivity index (χ1v) is 11.0. The Morgan fingerprint density at radius 1 is 1.17 bits per heavy atom. The van der Waals surface area contributed by atoms with Crippen LogP contribution in [0.2, 0.25) is 0 Å². The molecular formula is C22H37N3O5. The lowest BCUT2D eigenvalue weighted by atomic mass is 10.0. The number of allylic oxidation sites excluding steroid dienone is 2. The van der Waals surface area contributed by atoms with Crippen molar-refractivity contribution < 1.29 is 23.8 Å². The van der Waals surface area contributed by atoms with Gasteiger partial charge in [0, 0.05) is 24.7 Å². The molecule has 1 fully saturated rings. The molecule has 0 aromatic rings. The van der Waals surface area contributed by atoms with Crippen LogP contribution >= 0.6 is 0 Å². The number of rotatable bonds is 16. The molecule has 8 heteroatoms. The van der Waals surface area contributed by atoms with Crippen molar-refractivity contribution in [3.63, 3.8) is 0 Å². The van der Waals surface area contributed by atoms with Crippen LogP contribution in [0.1, 0.15) is 85.0 Å². The standard InChI is InChI=1S/C22H37N3O5/c1-18(24-25-23)21(30-19(2)26)14-10-9-13-20(27)12-8-6-4-5-7-11-15-22(3)28-16-17-29-22/h9,13,18,21H,4-8,10-12,14-17H2,1-3H3/b13-9+/t18-,21-/m1/s1. The highest BCUT2D eigenvalue weighted by atomic mass is 16.7. The SMILES string of the molecule is CC(=O)O[C@H](CC/C=C/C(=O)CCCCCCCCC1(C)OCCO1)[C@@H](C)N=[N+]=[N-]. The zero-order chi connectivity index (χ0) is 22.2. The number of unbranched alkanes of at least 4 members (excludes halogenated alkanes) is 5. The Labute approximate surface area is 180 Å². The van der Waals surface area contributed by atoms with Crippen LogP contribution in [0.3, 0.4) is 0 Å². The maximum absolute atomic E-state index is 12.0. The van der Waals surface area contributed by atoms with E-state index in [-0.39, 0.29) is 11.6 Å². The van der Waals surface area contributed by atoms with E-state index < -0.39 is 18.1 Å². The largest absolute Gasteiger partial charge is 0.462 e. The third kappa shape index (κ3) is 12.0. The minimum atomic E-state index is -0.479. The Kier molecular flexibility index (Phi) is 13.1. The van der Waals surface area contributed by atoms with E-state index >= 15 is 0 Å². The first kappa shape index (κ1) is 26.1. The monoisotopic (exact) mass is 423 g/mol. The molecule has 0 spiro atoms. The second-order valence-electron chi connectivity index (χ2n) is 7.99. The van der Waals surface area contributed by atoms with E-state index in [2.05, 4.69) is 10.0 Å². The summed E-state index contributed by atoms with van der Waals surface area (Å²) >= 11 is 0. The highest BCUT2D eigenvalue weighted by molar-refractivity contribution is 5.89. The highest BCUT2D eigenvalue weighted by Crippen LogP contribution is 2.25. The predicted octanol–water partition coefficient (Wildman–Crippen LogP) is 5.41. The number of azide groups is 1. The highest BCUT2D eigenvalue weighted by Gasteiger charge is 2.29. The fraction of sp³-hybridized carbons (Fsp3) is 0.818. The van der Waals surface area contributed by atoms with Gasteiger partial charge in [-0.2, -0.15) is 0 Å². The lowest BCUT2D eigenvalue weighted by Crippen LogP contribution is -2.26. The average Bonchev–Trinajstić information content (AvgIpc) is 3.12. The Morgan fingerprint density at radius 3 is 2.43 bits per heavy atom. The number of nitrogens with zero attached hydrogens (tertiary/aromatic N) is 3. The second-order valence-corrected chi connectivity index (χ2v) is 7.99. The summed E-state index contributed by atoms with van der Waals surface area (Å²) in [7, 11) is 0. The Bertz CT molecular complexity index is 596. The van der Waals surface area contributed by atoms with Crippen molar-refractivity contribution in [2.75, 3.05) is 13.2 Å². The zero-order valence-electron chi connectivity index (χ0n) is 18.7. The molecule has 0 aromatic carbocycles. The van der Waals surface area contributed by atoms with Crippen molar-refractivity contribution in [1.82, 2.24) is 0 Å². The maximum Gasteiger partial charge on any atom is 0.302 e. The molecule has 0 N–H and O–H groups in total. The van der Waals surface area contributed by atoms with Crippen LogP contribution in [0.4, 0.5) is 0 Å². The summed E-state index contributed by atoms with van der Waals surface area (Å²) in [6, 6.07) is -0.441. The van der Waals surface area contributed by atoms with Crippen LogP contribution < -0.4 is 0 Å². The molecule has 1 aliphatic rings. The summed E-state index contributed by atoms with van der Waals surface area (Å²) in [5.41, 5.74) is 8.53. The molecular weight excluding hydrogens is 386 g/mol. The fourth-order valence-corrected chi connectivity index (χ4v) is 3.48. The van der Waals surface area contributed by atoms with E-state index in [4.69, 9.17) is 19.7 Å². The maximum atomic E-state index is 12.0. The van der Waals surface area contributed by atoms with Gasteiger partial charge in [0.05, 0.1) is 19.3 Å². The molecule has 170 valence electrons. The lowest BCUT2D eigenvalue weighted by molar-refractivity contribution is -0.148. The number of hydrogen-bond donors (Lipinski definition) is 0. The number of hydrogen-bond acceptors (Lipinski definition) is 6. The van der Waals surface area contributed by atoms with Crippen molar-refractivity contribution in [2.24, 2.45) is 5.11 Å². The molecule has 0 saturated carbocycles. The Morgan fingerprint density at radius 2 is 1.80 bits per heavy atom. The Hall–Kier alpha value is -1.89. The van der Waals surface area contributed by atoms with Crippen molar-refractivity contribution in [3.8, 4) is 0 Å². The predicted molar refractivity (Wildman–Crippen MR) is 115 cm³/mol. The van der Waals surface area contributed by atoms with Gasteiger partial charge in [0.1, 0.15) is 6.10 Å². The van der Waals surface area contributed by atoms with E-state index in [1.54, 1.807) is 19.1 Å². The van der Waals surface area contributed by atoms with Crippen LogP contribution in [0, 0.1) is 0 Å². The van der Waals surface area contributed by atoms with Crippen LogP contribution in [-0.2, 0) is 23.8 Å². The van der Waals surface area contributed by atoms with Crippen molar-refractivity contribution in [3.05, 3.63) is 22.6 Å². The third-order valence-electron chi connectivity index (χ3n) is 5.21. The summed E-state index contributed by atoms with van der Waals surface area (Å²) in [5, 5.41) is 3.59.